The molecule has 15 heavy (non-hydrogen) atoms. The third kappa shape index (κ3) is 3.10. The van der Waals surface area contributed by atoms with Gasteiger partial charge in [0.1, 0.15) is 5.82 Å². The van der Waals surface area contributed by atoms with Crippen molar-refractivity contribution < 1.29 is 17.2 Å². The first-order valence-electron chi connectivity index (χ1n) is 3.75. The number of alkyl halides is 2. The Hall–Kier alpha value is -0.760. The summed E-state index contributed by atoms with van der Waals surface area (Å²) in [6, 6.07) is 1.35. The number of nitrogens with zero attached hydrogens (tertiary/aromatic N) is 1. The maximum Gasteiger partial charge on any atom is 0.355 e. The molecule has 0 spiro atoms. The van der Waals surface area contributed by atoms with Crippen LogP contribution in [0, 0.1) is 6.92 Å². The Kier molecular flexibility index (Phi) is 3.61. The van der Waals surface area contributed by atoms with Crippen molar-refractivity contribution in [1.29, 1.82) is 0 Å². The first-order chi connectivity index (χ1) is 6.83. The molecule has 0 fully saturated rings. The number of halogens is 3. The first kappa shape index (κ1) is 12.3. The fourth-order valence-electron chi connectivity index (χ4n) is 0.785. The van der Waals surface area contributed by atoms with E-state index in [1.807, 2.05) is 0 Å². The van der Waals surface area contributed by atoms with Gasteiger partial charge in [0, 0.05) is 10.7 Å². The second-order valence-corrected chi connectivity index (χ2v) is 5.23. The third-order valence-electron chi connectivity index (χ3n) is 1.53. The number of nitrogens with one attached hydrogen (secondary N) is 1. The fraction of sp³-hybridized carbons (Fsp3) is 0.286. The average Bonchev–Trinajstić information content (AvgIpc) is 2.10. The molecular weight excluding hydrogens is 294 g/mol. The van der Waals surface area contributed by atoms with E-state index in [0.29, 0.717) is 10.0 Å². The van der Waals surface area contributed by atoms with Gasteiger partial charge in [-0.2, -0.15) is 8.78 Å². The largest absolute Gasteiger partial charge is 0.355 e. The van der Waals surface area contributed by atoms with Crippen molar-refractivity contribution in [3.05, 3.63) is 22.3 Å². The van der Waals surface area contributed by atoms with Crippen molar-refractivity contribution in [3.8, 4) is 0 Å². The van der Waals surface area contributed by atoms with E-state index < -0.39 is 15.8 Å². The van der Waals surface area contributed by atoms with E-state index in [-0.39, 0.29) is 5.82 Å². The minimum atomic E-state index is -4.64. The van der Waals surface area contributed by atoms with Gasteiger partial charge in [-0.05, 0) is 34.5 Å². The first-order valence-corrected chi connectivity index (χ1v) is 6.09. The van der Waals surface area contributed by atoms with Gasteiger partial charge in [-0.1, -0.05) is 0 Å². The molecule has 4 nitrogen and oxygen atoms in total. The van der Waals surface area contributed by atoms with E-state index >= 15 is 0 Å². The van der Waals surface area contributed by atoms with Crippen LogP contribution in [0.5, 0.6) is 0 Å². The number of hydrogen-bond donors (Lipinski definition) is 1. The van der Waals surface area contributed by atoms with Gasteiger partial charge in [0.2, 0.25) is 0 Å². The van der Waals surface area contributed by atoms with Crippen LogP contribution in [-0.4, -0.2) is 19.2 Å². The maximum absolute atomic E-state index is 12.0. The topological polar surface area (TPSA) is 59.1 Å². The van der Waals surface area contributed by atoms with Gasteiger partial charge in [-0.15, -0.1) is 0 Å². The Morgan fingerprint density at radius 3 is 2.60 bits per heavy atom. The monoisotopic (exact) mass is 300 g/mol. The maximum atomic E-state index is 12.0. The Morgan fingerprint density at radius 2 is 2.13 bits per heavy atom. The van der Waals surface area contributed by atoms with Crippen molar-refractivity contribution in [1.82, 2.24) is 4.98 Å². The Bertz CT molecular complexity index is 464. The van der Waals surface area contributed by atoms with E-state index in [0.717, 1.165) is 0 Å². The second kappa shape index (κ2) is 4.40. The highest BCUT2D eigenvalue weighted by Crippen LogP contribution is 2.18. The molecule has 84 valence electrons. The normalized spacial score (nSPS) is 11.8. The van der Waals surface area contributed by atoms with E-state index in [9.17, 15) is 17.2 Å². The van der Waals surface area contributed by atoms with Crippen LogP contribution in [0.15, 0.2) is 16.7 Å². The minimum Gasteiger partial charge on any atom is -0.263 e. The molecule has 1 aromatic rings. The molecule has 0 unspecified atom stereocenters. The Labute approximate surface area is 93.9 Å². The van der Waals surface area contributed by atoms with Crippen molar-refractivity contribution >= 4 is 31.8 Å². The molecule has 8 heteroatoms. The van der Waals surface area contributed by atoms with Gasteiger partial charge < -0.3 is 0 Å². The number of anilines is 1. The van der Waals surface area contributed by atoms with E-state index in [1.165, 1.54) is 12.3 Å². The lowest BCUT2D eigenvalue weighted by Crippen LogP contribution is -2.21. The summed E-state index contributed by atoms with van der Waals surface area (Å²) in [6.07, 6.45) is 1.33. The molecule has 0 atom stereocenters. The summed E-state index contributed by atoms with van der Waals surface area (Å²) in [6.45, 7) is 1.69. The third-order valence-corrected chi connectivity index (χ3v) is 3.32. The predicted molar refractivity (Wildman–Crippen MR) is 55.2 cm³/mol. The van der Waals surface area contributed by atoms with Crippen LogP contribution in [0.1, 0.15) is 5.56 Å². The highest BCUT2D eigenvalue weighted by Gasteiger charge is 2.24. The molecule has 1 rings (SSSR count). The number of hydrogen-bond acceptors (Lipinski definition) is 3. The summed E-state index contributed by atoms with van der Waals surface area (Å²) in [7, 11) is -4.64. The van der Waals surface area contributed by atoms with Crippen LogP contribution in [-0.2, 0) is 10.0 Å². The molecule has 0 saturated heterocycles. The smallest absolute Gasteiger partial charge is 0.263 e. The van der Waals surface area contributed by atoms with Crippen LogP contribution in [0.25, 0.3) is 0 Å². The van der Waals surface area contributed by atoms with Crippen molar-refractivity contribution in [3.63, 3.8) is 0 Å². The van der Waals surface area contributed by atoms with E-state index in [1.54, 1.807) is 11.6 Å². The summed E-state index contributed by atoms with van der Waals surface area (Å²) in [5, 5.41) is 0. The molecule has 0 bridgehead atoms. The highest BCUT2D eigenvalue weighted by molar-refractivity contribution is 9.10. The van der Waals surface area contributed by atoms with Crippen LogP contribution in [0.2, 0.25) is 0 Å². The van der Waals surface area contributed by atoms with Crippen molar-refractivity contribution in [2.24, 2.45) is 0 Å². The second-order valence-electron chi connectivity index (χ2n) is 2.73. The Balaban J connectivity index is 2.96. The molecule has 0 saturated carbocycles. The molecule has 0 aliphatic heterocycles. The van der Waals surface area contributed by atoms with Crippen LogP contribution in [0.4, 0.5) is 14.6 Å². The summed E-state index contributed by atoms with van der Waals surface area (Å²) >= 11 is 3.15. The van der Waals surface area contributed by atoms with Crippen molar-refractivity contribution in [2.45, 2.75) is 12.7 Å². The zero-order valence-corrected chi connectivity index (χ0v) is 9.94. The standard InChI is InChI=1S/C7H7BrF2N2O2S/c1-4-2-6(11-3-5(4)8)12-15(13,14)7(9)10/h2-3,7H,1H3,(H,11,12). The summed E-state index contributed by atoms with van der Waals surface area (Å²) < 4.78 is 47.9. The lowest BCUT2D eigenvalue weighted by atomic mass is 10.3. The fourth-order valence-corrected chi connectivity index (χ4v) is 1.49. The van der Waals surface area contributed by atoms with Gasteiger partial charge in [-0.3, -0.25) is 4.72 Å². The van der Waals surface area contributed by atoms with Gasteiger partial charge >= 0.3 is 5.76 Å². The zero-order valence-electron chi connectivity index (χ0n) is 7.54. The summed E-state index contributed by atoms with van der Waals surface area (Å²) in [5.41, 5.74) is 0.692. The van der Waals surface area contributed by atoms with Gasteiger partial charge in [-0.25, -0.2) is 13.4 Å². The molecule has 0 radical (unpaired) electrons. The molecule has 0 aromatic carbocycles. The molecule has 0 aliphatic rings. The van der Waals surface area contributed by atoms with Crippen LogP contribution < -0.4 is 4.72 Å². The minimum absolute atomic E-state index is 0.129. The average molecular weight is 301 g/mol. The molecule has 0 amide bonds. The van der Waals surface area contributed by atoms with E-state index in [4.69, 9.17) is 0 Å². The number of pyridine rings is 1. The summed E-state index contributed by atoms with van der Waals surface area (Å²) in [5.74, 6) is -3.60. The molecule has 1 aromatic heterocycles. The van der Waals surface area contributed by atoms with E-state index in [2.05, 4.69) is 20.9 Å². The summed E-state index contributed by atoms with van der Waals surface area (Å²) in [4.78, 5) is 3.64. The van der Waals surface area contributed by atoms with Crippen molar-refractivity contribution in [2.75, 3.05) is 4.72 Å². The number of rotatable bonds is 3. The zero-order chi connectivity index (χ0) is 11.6. The molecule has 0 aliphatic carbocycles. The quantitative estimate of drug-likeness (QED) is 0.930. The van der Waals surface area contributed by atoms with Crippen LogP contribution >= 0.6 is 15.9 Å². The van der Waals surface area contributed by atoms with Gasteiger partial charge in [0.15, 0.2) is 0 Å². The lowest BCUT2D eigenvalue weighted by Gasteiger charge is -2.06. The van der Waals surface area contributed by atoms with Crippen LogP contribution in [0.3, 0.4) is 0 Å². The Morgan fingerprint density at radius 1 is 1.53 bits per heavy atom. The number of aromatic nitrogens is 1. The molecular formula is C7H7BrF2N2O2S. The van der Waals surface area contributed by atoms with Gasteiger partial charge in [0.25, 0.3) is 10.0 Å². The lowest BCUT2D eigenvalue weighted by molar-refractivity contribution is 0.236. The number of sulfonamides is 1. The highest BCUT2D eigenvalue weighted by atomic mass is 79.9. The van der Waals surface area contributed by atoms with Gasteiger partial charge in [0.05, 0.1) is 0 Å². The molecule has 1 N–H and O–H groups in total. The number of aryl methyl sites for hydroxylation is 1. The SMILES string of the molecule is Cc1cc(NS(=O)(=O)C(F)F)ncc1Br. The predicted octanol–water partition coefficient (Wildman–Crippen LogP) is 2.12. The molecule has 1 heterocycles.